The van der Waals surface area contributed by atoms with E-state index in [-0.39, 0.29) is 0 Å². The van der Waals surface area contributed by atoms with Crippen LogP contribution in [0, 0.1) is 5.92 Å². The number of benzene rings is 1. The fraction of sp³-hybridized carbons (Fsp3) is 0.333. The van der Waals surface area contributed by atoms with E-state index in [1.54, 1.807) is 11.3 Å². The lowest BCUT2D eigenvalue weighted by Crippen LogP contribution is -2.16. The minimum Gasteiger partial charge on any atom is -0.333 e. The summed E-state index contributed by atoms with van der Waals surface area (Å²) in [5, 5.41) is 4.57. The molecule has 120 valence electrons. The monoisotopic (exact) mass is 326 g/mol. The lowest BCUT2D eigenvalue weighted by Gasteiger charge is -2.10. The summed E-state index contributed by atoms with van der Waals surface area (Å²) in [6.07, 6.45) is 5.82. The van der Waals surface area contributed by atoms with E-state index in [1.165, 1.54) is 16.1 Å². The van der Waals surface area contributed by atoms with Crippen LogP contribution >= 0.6 is 11.3 Å². The van der Waals surface area contributed by atoms with E-state index >= 15 is 0 Å². The summed E-state index contributed by atoms with van der Waals surface area (Å²) < 4.78 is 2.22. The Morgan fingerprint density at radius 2 is 1.96 bits per heavy atom. The van der Waals surface area contributed by atoms with Crippen molar-refractivity contribution in [2.45, 2.75) is 33.5 Å². The van der Waals surface area contributed by atoms with Crippen molar-refractivity contribution < 1.29 is 0 Å². The second kappa shape index (κ2) is 7.53. The normalized spacial score (nSPS) is 11.3. The van der Waals surface area contributed by atoms with Crippen LogP contribution in [-0.4, -0.2) is 14.5 Å². The van der Waals surface area contributed by atoms with Crippen LogP contribution in [0.2, 0.25) is 0 Å². The number of aromatic nitrogens is 3. The van der Waals surface area contributed by atoms with Crippen LogP contribution in [0.5, 0.6) is 0 Å². The lowest BCUT2D eigenvalue weighted by molar-refractivity contribution is 0.500. The first kappa shape index (κ1) is 15.9. The lowest BCUT2D eigenvalue weighted by atomic mass is 10.2. The van der Waals surface area contributed by atoms with Gasteiger partial charge in [0.15, 0.2) is 0 Å². The Morgan fingerprint density at radius 3 is 2.74 bits per heavy atom. The summed E-state index contributed by atoms with van der Waals surface area (Å²) >= 11 is 1.74. The van der Waals surface area contributed by atoms with Gasteiger partial charge in [0.25, 0.3) is 0 Å². The molecular formula is C18H22N4S. The Bertz CT molecular complexity index is 730. The number of nitrogens with one attached hydrogen (secondary N) is 1. The largest absolute Gasteiger partial charge is 0.333 e. The maximum atomic E-state index is 4.52. The van der Waals surface area contributed by atoms with E-state index in [1.807, 2.05) is 36.9 Å². The van der Waals surface area contributed by atoms with E-state index in [2.05, 4.69) is 45.8 Å². The summed E-state index contributed by atoms with van der Waals surface area (Å²) in [4.78, 5) is 10.0. The van der Waals surface area contributed by atoms with Crippen molar-refractivity contribution in [3.8, 4) is 10.6 Å². The Balaban J connectivity index is 1.56. The van der Waals surface area contributed by atoms with Crippen molar-refractivity contribution in [1.82, 2.24) is 19.9 Å². The van der Waals surface area contributed by atoms with Gasteiger partial charge in [-0.25, -0.2) is 9.97 Å². The van der Waals surface area contributed by atoms with Crippen LogP contribution in [0.25, 0.3) is 10.6 Å². The number of hydrogen-bond acceptors (Lipinski definition) is 4. The number of rotatable bonds is 7. The molecule has 23 heavy (non-hydrogen) atoms. The molecule has 0 aliphatic heterocycles. The topological polar surface area (TPSA) is 42.7 Å². The van der Waals surface area contributed by atoms with Gasteiger partial charge in [-0.3, -0.25) is 0 Å². The molecule has 0 saturated heterocycles. The van der Waals surface area contributed by atoms with Crippen LogP contribution in [-0.2, 0) is 19.6 Å². The summed E-state index contributed by atoms with van der Waals surface area (Å²) in [7, 11) is 0. The van der Waals surface area contributed by atoms with Gasteiger partial charge < -0.3 is 9.88 Å². The quantitative estimate of drug-likeness (QED) is 0.715. The van der Waals surface area contributed by atoms with Crippen molar-refractivity contribution in [3.05, 3.63) is 59.6 Å². The maximum Gasteiger partial charge on any atom is 0.123 e. The zero-order chi connectivity index (χ0) is 16.1. The molecule has 5 heteroatoms. The molecule has 0 aliphatic carbocycles. The summed E-state index contributed by atoms with van der Waals surface area (Å²) in [5.74, 6) is 0.623. The molecule has 1 N–H and O–H groups in total. The molecule has 0 amide bonds. The molecule has 3 aromatic rings. The van der Waals surface area contributed by atoms with Crippen molar-refractivity contribution in [1.29, 1.82) is 0 Å². The van der Waals surface area contributed by atoms with Gasteiger partial charge in [0.05, 0.1) is 12.0 Å². The molecule has 0 aliphatic rings. The molecule has 0 unspecified atom stereocenters. The summed E-state index contributed by atoms with van der Waals surface area (Å²) in [5.41, 5.74) is 2.41. The number of imidazole rings is 1. The van der Waals surface area contributed by atoms with Crippen molar-refractivity contribution in [3.63, 3.8) is 0 Å². The third kappa shape index (κ3) is 4.27. The average Bonchev–Trinajstić information content (AvgIpc) is 3.18. The number of hydrogen-bond donors (Lipinski definition) is 1. The Hall–Kier alpha value is -1.98. The molecule has 4 nitrogen and oxygen atoms in total. The van der Waals surface area contributed by atoms with E-state index in [4.69, 9.17) is 0 Å². The highest BCUT2D eigenvalue weighted by molar-refractivity contribution is 7.15. The standard InChI is InChI=1S/C18H22N4S/c1-14(2)12-22-13-20-9-16(22)8-19-10-17-11-21-18(23-17)15-6-4-3-5-7-15/h3-7,9,11,13-14,19H,8,10,12H2,1-2H3. The van der Waals surface area contributed by atoms with Crippen molar-refractivity contribution in [2.75, 3.05) is 0 Å². The van der Waals surface area contributed by atoms with Gasteiger partial charge in [-0.05, 0) is 5.92 Å². The van der Waals surface area contributed by atoms with E-state index in [0.717, 1.165) is 24.6 Å². The van der Waals surface area contributed by atoms with E-state index in [9.17, 15) is 0 Å². The van der Waals surface area contributed by atoms with Crippen LogP contribution in [0.1, 0.15) is 24.4 Å². The average molecular weight is 326 g/mol. The van der Waals surface area contributed by atoms with E-state index < -0.39 is 0 Å². The second-order valence-electron chi connectivity index (χ2n) is 6.03. The predicted octanol–water partition coefficient (Wildman–Crippen LogP) is 3.95. The van der Waals surface area contributed by atoms with E-state index in [0.29, 0.717) is 5.92 Å². The molecule has 0 saturated carbocycles. The zero-order valence-corrected chi connectivity index (χ0v) is 14.4. The minimum atomic E-state index is 0.623. The first-order valence-corrected chi connectivity index (χ1v) is 8.74. The minimum absolute atomic E-state index is 0.623. The Kier molecular flexibility index (Phi) is 5.20. The second-order valence-corrected chi connectivity index (χ2v) is 7.15. The first-order chi connectivity index (χ1) is 11.2. The fourth-order valence-corrected chi connectivity index (χ4v) is 3.36. The molecule has 3 rings (SSSR count). The number of thiazole rings is 1. The van der Waals surface area contributed by atoms with Gasteiger partial charge in [-0.1, -0.05) is 44.2 Å². The molecule has 0 fully saturated rings. The fourth-order valence-electron chi connectivity index (χ4n) is 2.47. The first-order valence-electron chi connectivity index (χ1n) is 7.92. The SMILES string of the molecule is CC(C)Cn1cncc1CNCc1cnc(-c2ccccc2)s1. The molecule has 0 spiro atoms. The van der Waals surface area contributed by atoms with Gasteiger partial charge in [-0.15, -0.1) is 11.3 Å². The Morgan fingerprint density at radius 1 is 1.13 bits per heavy atom. The molecule has 1 aromatic carbocycles. The molecule has 0 radical (unpaired) electrons. The van der Waals surface area contributed by atoms with Gasteiger partial charge in [0.2, 0.25) is 0 Å². The highest BCUT2D eigenvalue weighted by Gasteiger charge is 2.06. The molecule has 0 bridgehead atoms. The molecule has 2 heterocycles. The van der Waals surface area contributed by atoms with Crippen LogP contribution in [0.15, 0.2) is 49.1 Å². The molecule has 2 aromatic heterocycles. The predicted molar refractivity (Wildman–Crippen MR) is 95.2 cm³/mol. The molecular weight excluding hydrogens is 304 g/mol. The maximum absolute atomic E-state index is 4.52. The third-order valence-electron chi connectivity index (χ3n) is 3.54. The van der Waals surface area contributed by atoms with Gasteiger partial charge in [-0.2, -0.15) is 0 Å². The van der Waals surface area contributed by atoms with Crippen LogP contribution < -0.4 is 5.32 Å². The van der Waals surface area contributed by atoms with Crippen LogP contribution in [0.3, 0.4) is 0 Å². The smallest absolute Gasteiger partial charge is 0.123 e. The highest BCUT2D eigenvalue weighted by Crippen LogP contribution is 2.24. The van der Waals surface area contributed by atoms with Crippen LogP contribution in [0.4, 0.5) is 0 Å². The van der Waals surface area contributed by atoms with Crippen molar-refractivity contribution in [2.24, 2.45) is 5.92 Å². The van der Waals surface area contributed by atoms with Gasteiger partial charge >= 0.3 is 0 Å². The zero-order valence-electron chi connectivity index (χ0n) is 13.6. The number of nitrogens with zero attached hydrogens (tertiary/aromatic N) is 3. The molecule has 0 atom stereocenters. The van der Waals surface area contributed by atoms with Gasteiger partial charge in [0, 0.05) is 42.5 Å². The summed E-state index contributed by atoms with van der Waals surface area (Å²) in [6.45, 7) is 7.11. The van der Waals surface area contributed by atoms with Crippen molar-refractivity contribution >= 4 is 11.3 Å². The summed E-state index contributed by atoms with van der Waals surface area (Å²) in [6, 6.07) is 10.3. The van der Waals surface area contributed by atoms with Gasteiger partial charge in [0.1, 0.15) is 5.01 Å². The third-order valence-corrected chi connectivity index (χ3v) is 4.59. The highest BCUT2D eigenvalue weighted by atomic mass is 32.1. The Labute approximate surface area is 141 Å².